The first-order valence-electron chi connectivity index (χ1n) is 8.29. The molecule has 0 bridgehead atoms. The monoisotopic (exact) mass is 384 g/mol. The average molecular weight is 384 g/mol. The molecule has 2 N–H and O–H groups in total. The Morgan fingerprint density at radius 2 is 1.96 bits per heavy atom. The highest BCUT2D eigenvalue weighted by atomic mass is 32.2. The molecule has 0 radical (unpaired) electrons. The molecule has 0 aromatic carbocycles. The van der Waals surface area contributed by atoms with Crippen LogP contribution in [-0.2, 0) is 20.3 Å². The SMILES string of the molecule is NC1(c2noc(-c3csc(S(=O)(=O)N4CCOCC4)c3)n2)CCCC1. The Labute approximate surface area is 150 Å². The van der Waals surface area contributed by atoms with E-state index in [9.17, 15) is 8.42 Å². The Kier molecular flexibility index (Phi) is 4.40. The molecular weight excluding hydrogens is 364 g/mol. The van der Waals surface area contributed by atoms with Crippen LogP contribution >= 0.6 is 11.3 Å². The highest BCUT2D eigenvalue weighted by Gasteiger charge is 2.36. The summed E-state index contributed by atoms with van der Waals surface area (Å²) in [6.07, 6.45) is 3.79. The van der Waals surface area contributed by atoms with E-state index in [4.69, 9.17) is 15.0 Å². The minimum atomic E-state index is -3.51. The maximum absolute atomic E-state index is 12.7. The van der Waals surface area contributed by atoms with Crippen molar-refractivity contribution in [3.8, 4) is 11.5 Å². The molecule has 2 aromatic heterocycles. The van der Waals surface area contributed by atoms with Crippen LogP contribution in [0.2, 0.25) is 0 Å². The summed E-state index contributed by atoms with van der Waals surface area (Å²) >= 11 is 1.16. The smallest absolute Gasteiger partial charge is 0.258 e. The van der Waals surface area contributed by atoms with Crippen LogP contribution in [0.25, 0.3) is 11.5 Å². The summed E-state index contributed by atoms with van der Waals surface area (Å²) in [7, 11) is -3.51. The number of aromatic nitrogens is 2. The number of nitrogens with two attached hydrogens (primary N) is 1. The van der Waals surface area contributed by atoms with E-state index in [1.807, 2.05) is 0 Å². The van der Waals surface area contributed by atoms with Crippen LogP contribution in [0, 0.1) is 0 Å². The molecule has 136 valence electrons. The fourth-order valence-corrected chi connectivity index (χ4v) is 5.96. The molecule has 1 aliphatic heterocycles. The quantitative estimate of drug-likeness (QED) is 0.851. The normalized spacial score (nSPS) is 21.6. The zero-order valence-electron chi connectivity index (χ0n) is 13.7. The van der Waals surface area contributed by atoms with Crippen molar-refractivity contribution in [1.29, 1.82) is 0 Å². The minimum absolute atomic E-state index is 0.271. The van der Waals surface area contributed by atoms with Gasteiger partial charge in [0.15, 0.2) is 5.82 Å². The molecule has 0 spiro atoms. The third-order valence-corrected chi connectivity index (χ3v) is 8.07. The number of nitrogens with zero attached hydrogens (tertiary/aromatic N) is 3. The van der Waals surface area contributed by atoms with E-state index < -0.39 is 15.6 Å². The van der Waals surface area contributed by atoms with Crippen molar-refractivity contribution in [1.82, 2.24) is 14.4 Å². The van der Waals surface area contributed by atoms with E-state index in [-0.39, 0.29) is 4.21 Å². The van der Waals surface area contributed by atoms with Gasteiger partial charge in [0.25, 0.3) is 15.9 Å². The summed E-state index contributed by atoms with van der Waals surface area (Å²) < 4.78 is 37.7. The van der Waals surface area contributed by atoms with Gasteiger partial charge in [-0.3, -0.25) is 0 Å². The summed E-state index contributed by atoms with van der Waals surface area (Å²) in [6.45, 7) is 1.58. The van der Waals surface area contributed by atoms with Crippen LogP contribution in [0.15, 0.2) is 20.2 Å². The van der Waals surface area contributed by atoms with Gasteiger partial charge in [0, 0.05) is 18.5 Å². The van der Waals surface area contributed by atoms with Crippen molar-refractivity contribution in [2.75, 3.05) is 26.3 Å². The van der Waals surface area contributed by atoms with E-state index in [1.165, 1.54) is 4.31 Å². The molecule has 1 saturated heterocycles. The van der Waals surface area contributed by atoms with Gasteiger partial charge in [-0.2, -0.15) is 9.29 Å². The molecule has 1 saturated carbocycles. The molecule has 1 aliphatic carbocycles. The van der Waals surface area contributed by atoms with Gasteiger partial charge in [0.1, 0.15) is 4.21 Å². The molecule has 8 nitrogen and oxygen atoms in total. The fraction of sp³-hybridized carbons (Fsp3) is 0.600. The van der Waals surface area contributed by atoms with Crippen LogP contribution < -0.4 is 5.73 Å². The third-order valence-electron chi connectivity index (χ3n) is 4.75. The fourth-order valence-electron chi connectivity index (χ4n) is 3.25. The van der Waals surface area contributed by atoms with Crippen LogP contribution in [0.3, 0.4) is 0 Å². The molecule has 0 unspecified atom stereocenters. The number of hydrogen-bond acceptors (Lipinski definition) is 8. The predicted molar refractivity (Wildman–Crippen MR) is 91.5 cm³/mol. The largest absolute Gasteiger partial charge is 0.379 e. The molecule has 2 fully saturated rings. The Bertz CT molecular complexity index is 849. The number of rotatable bonds is 4. The summed E-state index contributed by atoms with van der Waals surface area (Å²) in [6, 6.07) is 1.59. The molecule has 0 atom stereocenters. The number of ether oxygens (including phenoxy) is 1. The molecule has 10 heteroatoms. The zero-order valence-corrected chi connectivity index (χ0v) is 15.3. The van der Waals surface area contributed by atoms with Crippen LogP contribution in [0.5, 0.6) is 0 Å². The summed E-state index contributed by atoms with van der Waals surface area (Å²) in [5.74, 6) is 0.815. The lowest BCUT2D eigenvalue weighted by molar-refractivity contribution is 0.0731. The number of thiophene rings is 1. The number of hydrogen-bond donors (Lipinski definition) is 1. The van der Waals surface area contributed by atoms with E-state index >= 15 is 0 Å². The van der Waals surface area contributed by atoms with Gasteiger partial charge in [-0.25, -0.2) is 8.42 Å². The van der Waals surface area contributed by atoms with Crippen LogP contribution in [0.4, 0.5) is 0 Å². The van der Waals surface area contributed by atoms with Crippen molar-refractivity contribution in [2.45, 2.75) is 35.4 Å². The van der Waals surface area contributed by atoms with Gasteiger partial charge in [-0.1, -0.05) is 18.0 Å². The van der Waals surface area contributed by atoms with Crippen molar-refractivity contribution in [3.63, 3.8) is 0 Å². The van der Waals surface area contributed by atoms with E-state index in [1.54, 1.807) is 11.4 Å². The van der Waals surface area contributed by atoms with Gasteiger partial charge < -0.3 is 15.0 Å². The van der Waals surface area contributed by atoms with Gasteiger partial charge in [0.05, 0.1) is 24.3 Å². The zero-order chi connectivity index (χ0) is 17.5. The van der Waals surface area contributed by atoms with Gasteiger partial charge >= 0.3 is 0 Å². The standard InChI is InChI=1S/C15H20N4O4S2/c16-15(3-1-2-4-15)14-17-13(23-18-14)11-9-12(24-10-11)25(20,21)19-5-7-22-8-6-19/h9-10H,1-8,16H2. The Balaban J connectivity index is 1.58. The number of morpholine rings is 1. The van der Waals surface area contributed by atoms with Gasteiger partial charge in [-0.15, -0.1) is 11.3 Å². The second-order valence-corrected chi connectivity index (χ2v) is 9.53. The van der Waals surface area contributed by atoms with E-state index in [0.29, 0.717) is 43.6 Å². The first-order chi connectivity index (χ1) is 12.0. The van der Waals surface area contributed by atoms with E-state index in [2.05, 4.69) is 10.1 Å². The van der Waals surface area contributed by atoms with Crippen molar-refractivity contribution in [3.05, 3.63) is 17.3 Å². The molecular formula is C15H20N4O4S2. The molecule has 0 amide bonds. The van der Waals surface area contributed by atoms with Crippen molar-refractivity contribution >= 4 is 21.4 Å². The molecule has 4 rings (SSSR count). The lowest BCUT2D eigenvalue weighted by Gasteiger charge is -2.25. The van der Waals surface area contributed by atoms with Crippen molar-refractivity contribution in [2.24, 2.45) is 5.73 Å². The maximum Gasteiger partial charge on any atom is 0.258 e. The highest BCUT2D eigenvalue weighted by molar-refractivity contribution is 7.91. The Morgan fingerprint density at radius 3 is 2.68 bits per heavy atom. The first-order valence-corrected chi connectivity index (χ1v) is 10.6. The lowest BCUT2D eigenvalue weighted by atomic mass is 9.99. The van der Waals surface area contributed by atoms with Crippen molar-refractivity contribution < 1.29 is 17.7 Å². The third kappa shape index (κ3) is 3.13. The highest BCUT2D eigenvalue weighted by Crippen LogP contribution is 2.36. The van der Waals surface area contributed by atoms with E-state index in [0.717, 1.165) is 37.0 Å². The number of sulfonamides is 1. The van der Waals surface area contributed by atoms with Gasteiger partial charge in [-0.05, 0) is 18.9 Å². The molecule has 2 aromatic rings. The first kappa shape index (κ1) is 17.1. The topological polar surface area (TPSA) is 112 Å². The second kappa shape index (κ2) is 6.44. The predicted octanol–water partition coefficient (Wildman–Crippen LogP) is 1.55. The van der Waals surface area contributed by atoms with Crippen LogP contribution in [0.1, 0.15) is 31.5 Å². The second-order valence-electron chi connectivity index (χ2n) is 6.46. The summed E-state index contributed by atoms with van der Waals surface area (Å²) in [4.78, 5) is 4.42. The summed E-state index contributed by atoms with van der Waals surface area (Å²) in [5, 5.41) is 5.75. The average Bonchev–Trinajstić information content (AvgIpc) is 3.35. The maximum atomic E-state index is 12.7. The molecule has 3 heterocycles. The van der Waals surface area contributed by atoms with Gasteiger partial charge in [0.2, 0.25) is 0 Å². The van der Waals surface area contributed by atoms with Crippen LogP contribution in [-0.4, -0.2) is 49.2 Å². The lowest BCUT2D eigenvalue weighted by Crippen LogP contribution is -2.40. The molecule has 2 aliphatic rings. The minimum Gasteiger partial charge on any atom is -0.379 e. The summed E-state index contributed by atoms with van der Waals surface area (Å²) in [5.41, 5.74) is 6.43. The molecule has 25 heavy (non-hydrogen) atoms. The Morgan fingerprint density at radius 1 is 1.24 bits per heavy atom. The Hall–Kier alpha value is -1.33.